The molecule has 1 aromatic rings. The molecule has 0 bridgehead atoms. The van der Waals surface area contributed by atoms with Crippen LogP contribution in [0.3, 0.4) is 0 Å². The molecule has 1 heterocycles. The van der Waals surface area contributed by atoms with Crippen molar-refractivity contribution in [2.75, 3.05) is 17.9 Å². The molecule has 1 aliphatic rings. The summed E-state index contributed by atoms with van der Waals surface area (Å²) < 4.78 is 5.49. The Bertz CT molecular complexity index is 578. The van der Waals surface area contributed by atoms with Crippen molar-refractivity contribution in [3.8, 4) is 5.75 Å². The first-order valence-electron chi connectivity index (χ1n) is 7.18. The van der Waals surface area contributed by atoms with E-state index in [-0.39, 0.29) is 11.4 Å². The predicted octanol–water partition coefficient (Wildman–Crippen LogP) is 4.24. The van der Waals surface area contributed by atoms with Crippen LogP contribution in [0.5, 0.6) is 5.75 Å². The first-order valence-corrected chi connectivity index (χ1v) is 7.71. The van der Waals surface area contributed by atoms with E-state index in [1.165, 1.54) is 0 Å². The third-order valence-electron chi connectivity index (χ3n) is 3.79. The Morgan fingerprint density at radius 1 is 1.38 bits per heavy atom. The Hall–Kier alpha value is -1.48. The molecule has 0 radical (unpaired) electrons. The third-order valence-corrected chi connectivity index (χ3v) is 4.05. The molecule has 0 fully saturated rings. The molecule has 1 aromatic carbocycles. The van der Waals surface area contributed by atoms with E-state index >= 15 is 0 Å². The van der Waals surface area contributed by atoms with Crippen LogP contribution in [0, 0.1) is 0 Å². The van der Waals surface area contributed by atoms with Gasteiger partial charge >= 0.3 is 0 Å². The smallest absolute Gasteiger partial charge is 0.227 e. The normalized spacial score (nSPS) is 16.2. The van der Waals surface area contributed by atoms with Crippen LogP contribution in [0.4, 0.5) is 5.69 Å². The van der Waals surface area contributed by atoms with E-state index in [4.69, 9.17) is 16.3 Å². The number of ether oxygens (including phenoxy) is 1. The number of benzene rings is 1. The summed E-state index contributed by atoms with van der Waals surface area (Å²) in [5.74, 6) is 1.30. The van der Waals surface area contributed by atoms with Crippen LogP contribution >= 0.6 is 11.6 Å². The topological polar surface area (TPSA) is 29.5 Å². The zero-order valence-electron chi connectivity index (χ0n) is 13.1. The molecule has 0 aromatic heterocycles. The van der Waals surface area contributed by atoms with Crippen LogP contribution in [-0.2, 0) is 4.79 Å². The van der Waals surface area contributed by atoms with Crippen LogP contribution < -0.4 is 9.64 Å². The lowest BCUT2D eigenvalue weighted by molar-refractivity contribution is -0.119. The Balaban J connectivity index is 2.56. The Morgan fingerprint density at radius 3 is 2.71 bits per heavy atom. The SMILES string of the molecule is COc1cccc2c1N(C(=O)CCCCl)C(C)(C)C=C2C. The molecule has 4 heteroatoms. The number of allylic oxidation sites excluding steroid dienone is 1. The summed E-state index contributed by atoms with van der Waals surface area (Å²) in [5, 5.41) is 0. The number of carbonyl (C=O) groups excluding carboxylic acids is 1. The van der Waals surface area contributed by atoms with Crippen LogP contribution in [0.1, 0.15) is 39.2 Å². The maximum atomic E-state index is 12.7. The van der Waals surface area contributed by atoms with E-state index in [1.807, 2.05) is 36.9 Å². The van der Waals surface area contributed by atoms with Gasteiger partial charge in [0.05, 0.1) is 18.3 Å². The molecule has 21 heavy (non-hydrogen) atoms. The van der Waals surface area contributed by atoms with Gasteiger partial charge in [-0.3, -0.25) is 9.69 Å². The number of methoxy groups -OCH3 is 1. The Kier molecular flexibility index (Phi) is 4.62. The summed E-state index contributed by atoms with van der Waals surface area (Å²) in [7, 11) is 1.64. The lowest BCUT2D eigenvalue weighted by Gasteiger charge is -2.42. The average Bonchev–Trinajstić information content (AvgIpc) is 2.43. The highest BCUT2D eigenvalue weighted by Gasteiger charge is 2.37. The van der Waals surface area contributed by atoms with E-state index in [2.05, 4.69) is 13.0 Å². The molecule has 1 amide bonds. The summed E-state index contributed by atoms with van der Waals surface area (Å²) in [6.07, 6.45) is 3.25. The molecular weight excluding hydrogens is 286 g/mol. The number of alkyl halides is 1. The molecule has 0 aliphatic carbocycles. The minimum Gasteiger partial charge on any atom is -0.495 e. The van der Waals surface area contributed by atoms with Gasteiger partial charge in [0.1, 0.15) is 5.75 Å². The molecule has 2 rings (SSSR count). The largest absolute Gasteiger partial charge is 0.495 e. The minimum absolute atomic E-state index is 0.0788. The maximum Gasteiger partial charge on any atom is 0.227 e. The van der Waals surface area contributed by atoms with Gasteiger partial charge in [-0.05, 0) is 38.8 Å². The van der Waals surface area contributed by atoms with Crippen LogP contribution in [-0.4, -0.2) is 24.4 Å². The number of hydrogen-bond donors (Lipinski definition) is 0. The second-order valence-corrected chi connectivity index (χ2v) is 6.24. The second-order valence-electron chi connectivity index (χ2n) is 5.86. The van der Waals surface area contributed by atoms with Crippen molar-refractivity contribution in [2.45, 2.75) is 39.2 Å². The number of carbonyl (C=O) groups is 1. The van der Waals surface area contributed by atoms with Crippen LogP contribution in [0.25, 0.3) is 5.57 Å². The van der Waals surface area contributed by atoms with Gasteiger partial charge in [-0.25, -0.2) is 0 Å². The second kappa shape index (κ2) is 6.10. The predicted molar refractivity (Wildman–Crippen MR) is 88.2 cm³/mol. The maximum absolute atomic E-state index is 12.7. The number of hydrogen-bond acceptors (Lipinski definition) is 2. The lowest BCUT2D eigenvalue weighted by atomic mass is 9.88. The third kappa shape index (κ3) is 2.93. The van der Waals surface area contributed by atoms with Crippen molar-refractivity contribution in [3.05, 3.63) is 29.8 Å². The highest BCUT2D eigenvalue weighted by Crippen LogP contribution is 2.44. The summed E-state index contributed by atoms with van der Waals surface area (Å²) in [6.45, 7) is 6.16. The first-order chi connectivity index (χ1) is 9.92. The molecule has 114 valence electrons. The standard InChI is InChI=1S/C17H22ClNO2/c1-12-11-17(2,3)19(15(20)9-6-10-18)16-13(12)7-5-8-14(16)21-4/h5,7-8,11H,6,9-10H2,1-4H3. The fraction of sp³-hybridized carbons (Fsp3) is 0.471. The van der Waals surface area contributed by atoms with Gasteiger partial charge in [-0.2, -0.15) is 0 Å². The summed E-state index contributed by atoms with van der Waals surface area (Å²) >= 11 is 5.73. The van der Waals surface area contributed by atoms with E-state index in [1.54, 1.807) is 7.11 Å². The minimum atomic E-state index is -0.380. The Labute approximate surface area is 131 Å². The molecule has 0 atom stereocenters. The average molecular weight is 308 g/mol. The van der Waals surface area contributed by atoms with Gasteiger partial charge in [-0.1, -0.05) is 18.2 Å². The summed E-state index contributed by atoms with van der Waals surface area (Å²) in [4.78, 5) is 14.5. The zero-order chi connectivity index (χ0) is 15.6. The number of anilines is 1. The van der Waals surface area contributed by atoms with Crippen molar-refractivity contribution in [2.24, 2.45) is 0 Å². The Morgan fingerprint density at radius 2 is 2.10 bits per heavy atom. The quantitative estimate of drug-likeness (QED) is 0.779. The fourth-order valence-electron chi connectivity index (χ4n) is 2.97. The number of nitrogens with zero attached hydrogens (tertiary/aromatic N) is 1. The van der Waals surface area contributed by atoms with Crippen molar-refractivity contribution in [1.82, 2.24) is 0 Å². The summed E-state index contributed by atoms with van der Waals surface area (Å²) in [5.41, 5.74) is 2.70. The highest BCUT2D eigenvalue weighted by molar-refractivity contribution is 6.18. The van der Waals surface area contributed by atoms with E-state index < -0.39 is 0 Å². The van der Waals surface area contributed by atoms with Crippen LogP contribution in [0.2, 0.25) is 0 Å². The molecule has 3 nitrogen and oxygen atoms in total. The van der Waals surface area contributed by atoms with E-state index in [9.17, 15) is 4.79 Å². The molecule has 0 N–H and O–H groups in total. The number of halogens is 1. The van der Waals surface area contributed by atoms with Crippen molar-refractivity contribution in [1.29, 1.82) is 0 Å². The van der Waals surface area contributed by atoms with E-state index in [0.717, 1.165) is 22.6 Å². The number of fused-ring (bicyclic) bond motifs is 1. The highest BCUT2D eigenvalue weighted by atomic mass is 35.5. The van der Waals surface area contributed by atoms with E-state index in [0.29, 0.717) is 18.7 Å². The van der Waals surface area contributed by atoms with Gasteiger partial charge in [0, 0.05) is 17.9 Å². The number of amides is 1. The van der Waals surface area contributed by atoms with Crippen molar-refractivity contribution >= 4 is 28.8 Å². The van der Waals surface area contributed by atoms with Crippen molar-refractivity contribution < 1.29 is 9.53 Å². The zero-order valence-corrected chi connectivity index (χ0v) is 13.8. The first kappa shape index (κ1) is 15.9. The fourth-order valence-corrected chi connectivity index (χ4v) is 3.11. The van der Waals surface area contributed by atoms with Gasteiger partial charge in [0.2, 0.25) is 5.91 Å². The van der Waals surface area contributed by atoms with Gasteiger partial charge < -0.3 is 4.74 Å². The number of rotatable bonds is 4. The molecule has 1 aliphatic heterocycles. The van der Waals surface area contributed by atoms with Crippen molar-refractivity contribution in [3.63, 3.8) is 0 Å². The number of para-hydroxylation sites is 1. The summed E-state index contributed by atoms with van der Waals surface area (Å²) in [6, 6.07) is 5.88. The molecular formula is C17H22ClNO2. The van der Waals surface area contributed by atoms with Gasteiger partial charge in [-0.15, -0.1) is 11.6 Å². The van der Waals surface area contributed by atoms with Gasteiger partial charge in [0.25, 0.3) is 0 Å². The lowest BCUT2D eigenvalue weighted by Crippen LogP contribution is -2.49. The monoisotopic (exact) mass is 307 g/mol. The molecule has 0 saturated heterocycles. The van der Waals surface area contributed by atoms with Gasteiger partial charge in [0.15, 0.2) is 0 Å². The molecule has 0 saturated carbocycles. The molecule has 0 spiro atoms. The van der Waals surface area contributed by atoms with Crippen LogP contribution in [0.15, 0.2) is 24.3 Å². The molecule has 0 unspecified atom stereocenters.